The van der Waals surface area contributed by atoms with E-state index in [-0.39, 0.29) is 18.2 Å². The molecule has 0 fully saturated rings. The summed E-state index contributed by atoms with van der Waals surface area (Å²) in [7, 11) is -1.89. The van der Waals surface area contributed by atoms with Gasteiger partial charge in [0.25, 0.3) is 0 Å². The summed E-state index contributed by atoms with van der Waals surface area (Å²) in [6.45, 7) is 0.0686. The van der Waals surface area contributed by atoms with Crippen LogP contribution >= 0.6 is 0 Å². The fourth-order valence-corrected chi connectivity index (χ4v) is 3.20. The third kappa shape index (κ3) is 6.84. The molecule has 1 amide bonds. The molecular weight excluding hydrogens is 340 g/mol. The van der Waals surface area contributed by atoms with Crippen molar-refractivity contribution in [3.05, 3.63) is 60.2 Å². The summed E-state index contributed by atoms with van der Waals surface area (Å²) in [5, 5.41) is 2.63. The minimum absolute atomic E-state index is 0.0686. The van der Waals surface area contributed by atoms with E-state index in [2.05, 4.69) is 10.0 Å². The van der Waals surface area contributed by atoms with Crippen molar-refractivity contribution >= 4 is 21.6 Å². The molecule has 0 aliphatic carbocycles. The Morgan fingerprint density at radius 2 is 1.84 bits per heavy atom. The second-order valence-electron chi connectivity index (χ2n) is 5.49. The lowest BCUT2D eigenvalue weighted by atomic mass is 10.1. The molecule has 0 bridgehead atoms. The molecule has 0 atom stereocenters. The molecule has 0 saturated heterocycles. The van der Waals surface area contributed by atoms with Crippen molar-refractivity contribution in [1.29, 1.82) is 0 Å². The van der Waals surface area contributed by atoms with Crippen LogP contribution in [0.25, 0.3) is 0 Å². The van der Waals surface area contributed by atoms with Crippen molar-refractivity contribution in [2.75, 3.05) is 24.1 Å². The van der Waals surface area contributed by atoms with E-state index in [1.54, 1.807) is 37.4 Å². The molecule has 2 N–H and O–H groups in total. The molecule has 0 aliphatic heterocycles. The molecule has 0 unspecified atom stereocenters. The van der Waals surface area contributed by atoms with Crippen molar-refractivity contribution in [2.24, 2.45) is 0 Å². The Hall–Kier alpha value is -2.54. The molecule has 2 rings (SSSR count). The zero-order valence-corrected chi connectivity index (χ0v) is 14.9. The van der Waals surface area contributed by atoms with E-state index in [1.165, 1.54) is 0 Å². The number of para-hydroxylation sites is 1. The Morgan fingerprint density at radius 1 is 1.08 bits per heavy atom. The third-order valence-corrected chi connectivity index (χ3v) is 4.80. The van der Waals surface area contributed by atoms with Crippen molar-refractivity contribution in [1.82, 2.24) is 5.32 Å². The second-order valence-corrected chi connectivity index (χ2v) is 7.33. The molecule has 0 heterocycles. The maximum Gasteiger partial charge on any atom is 0.234 e. The lowest BCUT2D eigenvalue weighted by Gasteiger charge is -2.09. The standard InChI is InChI=1S/C18H22N2O4S/c1-24-17-9-5-6-15(14-17)10-11-18(21)19-12-13-25(22,23)20-16-7-3-2-4-8-16/h2-9,14,20H,10-13H2,1H3,(H,19,21). The minimum atomic E-state index is -3.49. The molecular formula is C18H22N2O4S. The van der Waals surface area contributed by atoms with Crippen molar-refractivity contribution < 1.29 is 17.9 Å². The van der Waals surface area contributed by atoms with Gasteiger partial charge in [-0.1, -0.05) is 30.3 Å². The summed E-state index contributed by atoms with van der Waals surface area (Å²) in [4.78, 5) is 11.9. The highest BCUT2D eigenvalue weighted by atomic mass is 32.2. The smallest absolute Gasteiger partial charge is 0.234 e. The van der Waals surface area contributed by atoms with Crippen LogP contribution in [0.3, 0.4) is 0 Å². The number of ether oxygens (including phenoxy) is 1. The van der Waals surface area contributed by atoms with E-state index >= 15 is 0 Å². The average Bonchev–Trinajstić information content (AvgIpc) is 2.60. The number of hydrogen-bond donors (Lipinski definition) is 2. The Labute approximate surface area is 148 Å². The van der Waals surface area contributed by atoms with Gasteiger partial charge < -0.3 is 10.1 Å². The average molecular weight is 362 g/mol. The highest BCUT2D eigenvalue weighted by Gasteiger charge is 2.11. The molecule has 7 heteroatoms. The number of carbonyl (C=O) groups is 1. The molecule has 0 aliphatic rings. The predicted molar refractivity (Wildman–Crippen MR) is 98.2 cm³/mol. The van der Waals surface area contributed by atoms with E-state index in [1.807, 2.05) is 24.3 Å². The van der Waals surface area contributed by atoms with Crippen molar-refractivity contribution in [3.8, 4) is 5.75 Å². The lowest BCUT2D eigenvalue weighted by Crippen LogP contribution is -2.31. The molecule has 2 aromatic rings. The first-order valence-corrected chi connectivity index (χ1v) is 9.59. The largest absolute Gasteiger partial charge is 0.497 e. The second kappa shape index (κ2) is 9.08. The first kappa shape index (κ1) is 18.8. The Morgan fingerprint density at radius 3 is 2.56 bits per heavy atom. The predicted octanol–water partition coefficient (Wildman–Crippen LogP) is 2.19. The van der Waals surface area contributed by atoms with Crippen LogP contribution in [0.2, 0.25) is 0 Å². The Bertz CT molecular complexity index is 792. The quantitative estimate of drug-likeness (QED) is 0.716. The van der Waals surface area contributed by atoms with Gasteiger partial charge in [0.1, 0.15) is 5.75 Å². The summed E-state index contributed by atoms with van der Waals surface area (Å²) in [6, 6.07) is 16.2. The number of nitrogens with one attached hydrogen (secondary N) is 2. The van der Waals surface area contributed by atoms with Gasteiger partial charge >= 0.3 is 0 Å². The molecule has 0 spiro atoms. The number of anilines is 1. The summed E-state index contributed by atoms with van der Waals surface area (Å²) in [5.74, 6) is 0.390. The van der Waals surface area contributed by atoms with Crippen LogP contribution in [0, 0.1) is 0 Å². The SMILES string of the molecule is COc1cccc(CCC(=O)NCCS(=O)(=O)Nc2ccccc2)c1. The van der Waals surface area contributed by atoms with E-state index in [9.17, 15) is 13.2 Å². The van der Waals surface area contributed by atoms with Gasteiger partial charge in [-0.05, 0) is 36.2 Å². The maximum absolute atomic E-state index is 12.0. The van der Waals surface area contributed by atoms with E-state index in [0.717, 1.165) is 11.3 Å². The van der Waals surface area contributed by atoms with Crippen LogP contribution in [0.4, 0.5) is 5.69 Å². The third-order valence-electron chi connectivity index (χ3n) is 3.51. The number of amides is 1. The van der Waals surface area contributed by atoms with E-state index in [0.29, 0.717) is 18.5 Å². The van der Waals surface area contributed by atoms with Gasteiger partial charge in [-0.25, -0.2) is 8.42 Å². The summed E-state index contributed by atoms with van der Waals surface area (Å²) < 4.78 is 31.5. The molecule has 0 radical (unpaired) electrons. The molecule has 0 saturated carbocycles. The van der Waals surface area contributed by atoms with Crippen molar-refractivity contribution in [3.63, 3.8) is 0 Å². The van der Waals surface area contributed by atoms with Crippen molar-refractivity contribution in [2.45, 2.75) is 12.8 Å². The van der Waals surface area contributed by atoms with Crippen LogP contribution < -0.4 is 14.8 Å². The molecule has 6 nitrogen and oxygen atoms in total. The summed E-state index contributed by atoms with van der Waals surface area (Å²) in [5.41, 5.74) is 1.50. The number of carbonyl (C=O) groups excluding carboxylic acids is 1. The zero-order chi connectivity index (χ0) is 18.1. The van der Waals surface area contributed by atoms with Gasteiger partial charge in [-0.15, -0.1) is 0 Å². The normalized spacial score (nSPS) is 10.9. The Balaban J connectivity index is 1.72. The summed E-state index contributed by atoms with van der Waals surface area (Å²) >= 11 is 0. The lowest BCUT2D eigenvalue weighted by molar-refractivity contribution is -0.120. The van der Waals surface area contributed by atoms with Gasteiger partial charge in [-0.2, -0.15) is 0 Å². The van der Waals surface area contributed by atoms with Gasteiger partial charge in [0.15, 0.2) is 0 Å². The number of hydrogen-bond acceptors (Lipinski definition) is 4. The van der Waals surface area contributed by atoms with E-state index in [4.69, 9.17) is 4.74 Å². The van der Waals surface area contributed by atoms with Crippen LogP contribution in [0.1, 0.15) is 12.0 Å². The van der Waals surface area contributed by atoms with Gasteiger partial charge in [-0.3, -0.25) is 9.52 Å². The fraction of sp³-hybridized carbons (Fsp3) is 0.278. The highest BCUT2D eigenvalue weighted by Crippen LogP contribution is 2.13. The number of benzene rings is 2. The molecule has 134 valence electrons. The number of rotatable bonds is 9. The van der Waals surface area contributed by atoms with Gasteiger partial charge in [0.05, 0.1) is 12.9 Å². The molecule has 2 aromatic carbocycles. The zero-order valence-electron chi connectivity index (χ0n) is 14.1. The first-order valence-electron chi connectivity index (χ1n) is 7.94. The van der Waals surface area contributed by atoms with E-state index < -0.39 is 10.0 Å². The van der Waals surface area contributed by atoms with Gasteiger partial charge in [0, 0.05) is 18.7 Å². The highest BCUT2D eigenvalue weighted by molar-refractivity contribution is 7.92. The monoisotopic (exact) mass is 362 g/mol. The fourth-order valence-electron chi connectivity index (χ4n) is 2.24. The Kier molecular flexibility index (Phi) is 6.82. The maximum atomic E-state index is 12.0. The van der Waals surface area contributed by atoms with Gasteiger partial charge in [0.2, 0.25) is 15.9 Å². The first-order chi connectivity index (χ1) is 12.0. The van der Waals surface area contributed by atoms with Crippen LogP contribution in [-0.4, -0.2) is 33.7 Å². The number of methoxy groups -OCH3 is 1. The minimum Gasteiger partial charge on any atom is -0.497 e. The molecule has 25 heavy (non-hydrogen) atoms. The summed E-state index contributed by atoms with van der Waals surface area (Å²) in [6.07, 6.45) is 0.859. The molecule has 0 aromatic heterocycles. The van der Waals surface area contributed by atoms with Crippen LogP contribution in [0.5, 0.6) is 5.75 Å². The van der Waals surface area contributed by atoms with Crippen LogP contribution in [-0.2, 0) is 21.2 Å². The number of sulfonamides is 1. The van der Waals surface area contributed by atoms with Crippen LogP contribution in [0.15, 0.2) is 54.6 Å². The topological polar surface area (TPSA) is 84.5 Å². The number of aryl methyl sites for hydroxylation is 1.